The quantitative estimate of drug-likeness (QED) is 0.483. The Hall–Kier alpha value is -3.40. The van der Waals surface area contributed by atoms with Crippen LogP contribution in [0.5, 0.6) is 0 Å². The van der Waals surface area contributed by atoms with E-state index >= 15 is 0 Å². The first-order chi connectivity index (χ1) is 15.2. The molecule has 0 amide bonds. The van der Waals surface area contributed by atoms with Gasteiger partial charge in [0.25, 0.3) is 0 Å². The standard InChI is InChI=1S/C22H25NO9/c1-12(24)28-11-18-19(29-13(2)25)20(30-14(3)26)21(31-15(4)27)22(32-18)23-10-9-16-7-5-6-8-17(16)23/h5-10,18-22H,11H2,1-4H3/t18-,19-,20+,21+,22+/m1/s1. The highest BCUT2D eigenvalue weighted by Crippen LogP contribution is 2.36. The van der Waals surface area contributed by atoms with Crippen LogP contribution in [-0.2, 0) is 42.9 Å². The largest absolute Gasteiger partial charge is 0.463 e. The van der Waals surface area contributed by atoms with Crippen LogP contribution in [0.25, 0.3) is 10.9 Å². The number of nitrogens with zero attached hydrogens (tertiary/aromatic N) is 1. The van der Waals surface area contributed by atoms with Gasteiger partial charge in [0.2, 0.25) is 0 Å². The third kappa shape index (κ3) is 5.25. The van der Waals surface area contributed by atoms with Crippen LogP contribution in [0.4, 0.5) is 0 Å². The molecular weight excluding hydrogens is 422 g/mol. The van der Waals surface area contributed by atoms with E-state index in [1.165, 1.54) is 27.7 Å². The second-order valence-corrected chi connectivity index (χ2v) is 7.37. The van der Waals surface area contributed by atoms with Crippen molar-refractivity contribution in [2.45, 2.75) is 58.3 Å². The minimum atomic E-state index is -1.21. The zero-order valence-corrected chi connectivity index (χ0v) is 18.2. The van der Waals surface area contributed by atoms with Gasteiger partial charge in [-0.1, -0.05) is 18.2 Å². The van der Waals surface area contributed by atoms with E-state index in [0.29, 0.717) is 0 Å². The van der Waals surface area contributed by atoms with Crippen molar-refractivity contribution < 1.29 is 42.9 Å². The van der Waals surface area contributed by atoms with Gasteiger partial charge in [0, 0.05) is 33.9 Å². The summed E-state index contributed by atoms with van der Waals surface area (Å²) in [5.74, 6) is -2.55. The van der Waals surface area contributed by atoms with Crippen LogP contribution in [0.3, 0.4) is 0 Å². The fourth-order valence-electron chi connectivity index (χ4n) is 3.76. The number of ether oxygens (including phenoxy) is 5. The molecule has 0 radical (unpaired) electrons. The molecule has 1 aromatic carbocycles. The molecule has 1 aromatic heterocycles. The molecule has 3 rings (SSSR count). The van der Waals surface area contributed by atoms with Gasteiger partial charge in [-0.3, -0.25) is 19.2 Å². The maximum absolute atomic E-state index is 11.9. The van der Waals surface area contributed by atoms with Crippen molar-refractivity contribution in [2.24, 2.45) is 0 Å². The average molecular weight is 447 g/mol. The Morgan fingerprint density at radius 1 is 0.812 bits per heavy atom. The molecule has 0 spiro atoms. The minimum Gasteiger partial charge on any atom is -0.463 e. The summed E-state index contributed by atoms with van der Waals surface area (Å²) in [7, 11) is 0. The van der Waals surface area contributed by atoms with Gasteiger partial charge < -0.3 is 28.3 Å². The van der Waals surface area contributed by atoms with Gasteiger partial charge in [0.05, 0.1) is 5.52 Å². The Kier molecular flexibility index (Phi) is 7.14. The number of carbonyl (C=O) groups excluding carboxylic acids is 4. The summed E-state index contributed by atoms with van der Waals surface area (Å²) in [6, 6.07) is 9.31. The Balaban J connectivity index is 2.10. The Morgan fingerprint density at radius 3 is 2.03 bits per heavy atom. The van der Waals surface area contributed by atoms with E-state index in [2.05, 4.69) is 0 Å². The topological polar surface area (TPSA) is 119 Å². The molecule has 0 N–H and O–H groups in total. The van der Waals surface area contributed by atoms with Gasteiger partial charge in [0.15, 0.2) is 24.5 Å². The Labute approximate surface area is 184 Å². The summed E-state index contributed by atoms with van der Waals surface area (Å²) in [5.41, 5.74) is 0.772. The summed E-state index contributed by atoms with van der Waals surface area (Å²) in [6.45, 7) is 4.53. The third-order valence-electron chi connectivity index (χ3n) is 4.87. The number of hydrogen-bond acceptors (Lipinski definition) is 9. The summed E-state index contributed by atoms with van der Waals surface area (Å²) >= 11 is 0. The van der Waals surface area contributed by atoms with E-state index in [1.807, 2.05) is 30.3 Å². The smallest absolute Gasteiger partial charge is 0.303 e. The zero-order valence-electron chi connectivity index (χ0n) is 18.2. The van der Waals surface area contributed by atoms with Crippen molar-refractivity contribution in [1.82, 2.24) is 4.57 Å². The number of fused-ring (bicyclic) bond motifs is 1. The van der Waals surface area contributed by atoms with Crippen LogP contribution in [0.2, 0.25) is 0 Å². The van der Waals surface area contributed by atoms with E-state index in [9.17, 15) is 19.2 Å². The fraction of sp³-hybridized carbons (Fsp3) is 0.455. The maximum Gasteiger partial charge on any atom is 0.303 e. The van der Waals surface area contributed by atoms with E-state index in [-0.39, 0.29) is 6.61 Å². The average Bonchev–Trinajstić information content (AvgIpc) is 3.12. The highest BCUT2D eigenvalue weighted by molar-refractivity contribution is 5.80. The second-order valence-electron chi connectivity index (χ2n) is 7.37. The van der Waals surface area contributed by atoms with Gasteiger partial charge in [0.1, 0.15) is 12.7 Å². The summed E-state index contributed by atoms with van der Waals surface area (Å²) in [5, 5.41) is 0.903. The molecule has 0 saturated carbocycles. The maximum atomic E-state index is 11.9. The van der Waals surface area contributed by atoms with Crippen molar-refractivity contribution in [1.29, 1.82) is 0 Å². The van der Waals surface area contributed by atoms with E-state index < -0.39 is 54.5 Å². The number of aromatic nitrogens is 1. The molecule has 2 aromatic rings. The van der Waals surface area contributed by atoms with Crippen molar-refractivity contribution in [3.63, 3.8) is 0 Å². The van der Waals surface area contributed by atoms with Crippen LogP contribution < -0.4 is 0 Å². The van der Waals surface area contributed by atoms with Gasteiger partial charge in [-0.25, -0.2) is 0 Å². The van der Waals surface area contributed by atoms with E-state index in [4.69, 9.17) is 23.7 Å². The summed E-state index contributed by atoms with van der Waals surface area (Å²) in [4.78, 5) is 47.1. The van der Waals surface area contributed by atoms with Gasteiger partial charge in [-0.15, -0.1) is 0 Å². The van der Waals surface area contributed by atoms with Crippen LogP contribution in [-0.4, -0.2) is 59.5 Å². The molecule has 5 atom stereocenters. The number of rotatable bonds is 6. The number of carbonyl (C=O) groups is 4. The molecule has 10 heteroatoms. The minimum absolute atomic E-state index is 0.270. The lowest BCUT2D eigenvalue weighted by atomic mass is 9.97. The van der Waals surface area contributed by atoms with Crippen molar-refractivity contribution in [3.8, 4) is 0 Å². The van der Waals surface area contributed by atoms with Crippen LogP contribution in [0.1, 0.15) is 33.9 Å². The first kappa shape index (κ1) is 23.3. The van der Waals surface area contributed by atoms with Crippen molar-refractivity contribution in [3.05, 3.63) is 36.5 Å². The highest BCUT2D eigenvalue weighted by atomic mass is 16.7. The predicted molar refractivity (Wildman–Crippen MR) is 109 cm³/mol. The first-order valence-electron chi connectivity index (χ1n) is 10.0. The monoisotopic (exact) mass is 447 g/mol. The van der Waals surface area contributed by atoms with E-state index in [1.54, 1.807) is 10.8 Å². The van der Waals surface area contributed by atoms with E-state index in [0.717, 1.165) is 10.9 Å². The molecule has 172 valence electrons. The molecule has 1 fully saturated rings. The molecule has 1 aliphatic rings. The number of para-hydroxylation sites is 1. The van der Waals surface area contributed by atoms with Crippen LogP contribution in [0, 0.1) is 0 Å². The normalized spacial score (nSPS) is 25.1. The molecule has 1 aliphatic heterocycles. The SMILES string of the molecule is CC(=O)OC[C@H]1O[C@H](n2ccc3ccccc32)[C@@H](OC(C)=O)[C@@H](OC(C)=O)[C@@H]1OC(C)=O. The van der Waals surface area contributed by atoms with Gasteiger partial charge in [-0.05, 0) is 17.5 Å². The highest BCUT2D eigenvalue weighted by Gasteiger charge is 2.52. The fourth-order valence-corrected chi connectivity index (χ4v) is 3.76. The second kappa shape index (κ2) is 9.82. The number of benzene rings is 1. The predicted octanol–water partition coefficient (Wildman–Crippen LogP) is 1.90. The molecule has 10 nitrogen and oxygen atoms in total. The Bertz CT molecular complexity index is 1010. The van der Waals surface area contributed by atoms with Crippen molar-refractivity contribution >= 4 is 34.8 Å². The molecule has 0 unspecified atom stereocenters. The lowest BCUT2D eigenvalue weighted by molar-refractivity contribution is -0.267. The third-order valence-corrected chi connectivity index (χ3v) is 4.87. The molecular formula is C22H25NO9. The Morgan fingerprint density at radius 2 is 1.41 bits per heavy atom. The summed E-state index contributed by atoms with van der Waals surface area (Å²) in [6.07, 6.45) is -3.75. The molecule has 1 saturated heterocycles. The zero-order chi connectivity index (χ0) is 23.4. The molecule has 32 heavy (non-hydrogen) atoms. The molecule has 2 heterocycles. The van der Waals surface area contributed by atoms with Crippen LogP contribution in [0.15, 0.2) is 36.5 Å². The van der Waals surface area contributed by atoms with Crippen LogP contribution >= 0.6 is 0 Å². The lowest BCUT2D eigenvalue weighted by Gasteiger charge is -2.44. The lowest BCUT2D eigenvalue weighted by Crippen LogP contribution is -2.60. The molecule has 0 aliphatic carbocycles. The summed E-state index contributed by atoms with van der Waals surface area (Å²) < 4.78 is 29.4. The number of hydrogen-bond donors (Lipinski definition) is 0. The molecule has 0 bridgehead atoms. The first-order valence-corrected chi connectivity index (χ1v) is 10.0. The number of esters is 4. The van der Waals surface area contributed by atoms with Gasteiger partial charge in [-0.2, -0.15) is 0 Å². The van der Waals surface area contributed by atoms with Crippen molar-refractivity contribution in [2.75, 3.05) is 6.61 Å². The van der Waals surface area contributed by atoms with Gasteiger partial charge >= 0.3 is 23.9 Å².